The van der Waals surface area contributed by atoms with E-state index < -0.39 is 5.99 Å². The first-order valence-electron chi connectivity index (χ1n) is 2.86. The van der Waals surface area contributed by atoms with Crippen LogP contribution in [0, 0.1) is 5.16 Å². The van der Waals surface area contributed by atoms with Crippen molar-refractivity contribution < 1.29 is 4.52 Å². The second-order valence-electron chi connectivity index (χ2n) is 1.87. The van der Waals surface area contributed by atoms with E-state index in [1.807, 2.05) is 6.07 Å². The van der Waals surface area contributed by atoms with E-state index in [2.05, 4.69) is 0 Å². The molecule has 0 bridgehead atoms. The van der Waals surface area contributed by atoms with Gasteiger partial charge >= 0.3 is 5.99 Å². The Hall–Kier alpha value is -0.170. The summed E-state index contributed by atoms with van der Waals surface area (Å²) in [6.07, 6.45) is 0. The minimum absolute atomic E-state index is 0.529. The average Bonchev–Trinajstić information content (AvgIpc) is 1.85. The summed E-state index contributed by atoms with van der Waals surface area (Å²) in [4.78, 5) is 0. The molecule has 1 rings (SSSR count). The molecule has 0 heterocycles. The summed E-state index contributed by atoms with van der Waals surface area (Å²) < 4.78 is 4.91. The number of benzene rings is 1. The molecule has 1 aromatic carbocycles. The van der Waals surface area contributed by atoms with Crippen LogP contribution in [0.25, 0.3) is 0 Å². The van der Waals surface area contributed by atoms with Crippen LogP contribution in [0.1, 0.15) is 0 Å². The molecule has 0 saturated heterocycles. The van der Waals surface area contributed by atoms with Crippen LogP contribution in [0.2, 0.25) is 0 Å². The monoisotopic (exact) mass is 209 g/mol. The van der Waals surface area contributed by atoms with Crippen molar-refractivity contribution in [1.82, 2.24) is 0 Å². The van der Waals surface area contributed by atoms with Gasteiger partial charge in [-0.2, -0.15) is 0 Å². The number of nitrogens with one attached hydrogen (secondary N) is 1. The zero-order valence-electron chi connectivity index (χ0n) is 5.50. The van der Waals surface area contributed by atoms with Gasteiger partial charge < -0.3 is 4.52 Å². The first-order chi connectivity index (χ1) is 5.08. The highest BCUT2D eigenvalue weighted by Crippen LogP contribution is 2.57. The first-order valence-corrected chi connectivity index (χ1v) is 6.38. The van der Waals surface area contributed by atoms with Gasteiger partial charge in [-0.3, -0.25) is 5.16 Å². The molecule has 0 saturated carbocycles. The summed E-state index contributed by atoms with van der Waals surface area (Å²) in [5, 5.41) is 7.09. The fourth-order valence-corrected chi connectivity index (χ4v) is 1.48. The predicted octanol–water partition coefficient (Wildman–Crippen LogP) is 4.07. The van der Waals surface area contributed by atoms with Crippen molar-refractivity contribution in [1.29, 1.82) is 5.16 Å². The van der Waals surface area contributed by atoms with Crippen molar-refractivity contribution in [3.8, 4) is 5.75 Å². The van der Waals surface area contributed by atoms with E-state index in [9.17, 15) is 0 Å². The molecule has 0 unspecified atom stereocenters. The van der Waals surface area contributed by atoms with Crippen LogP contribution in [-0.4, -0.2) is 0 Å². The molecule has 2 nitrogen and oxygen atoms in total. The fourth-order valence-electron chi connectivity index (χ4n) is 0.614. The molecule has 0 aliphatic heterocycles. The molecule has 1 N–H and O–H groups in total. The zero-order chi connectivity index (χ0) is 8.32. The number of para-hydroxylation sites is 1. The third-order valence-electron chi connectivity index (χ3n) is 0.963. The van der Waals surface area contributed by atoms with Crippen molar-refractivity contribution in [3.05, 3.63) is 30.3 Å². The summed E-state index contributed by atoms with van der Waals surface area (Å²) in [6, 6.07) is 8.83. The van der Waals surface area contributed by atoms with Crippen molar-refractivity contribution in [3.63, 3.8) is 0 Å². The fraction of sp³-hybridized carbons (Fsp3) is 0. The zero-order valence-corrected chi connectivity index (χ0v) is 7.90. The van der Waals surface area contributed by atoms with E-state index in [1.54, 1.807) is 24.3 Å². The quantitative estimate of drug-likeness (QED) is 0.733. The number of halogens is 2. The van der Waals surface area contributed by atoms with E-state index in [1.165, 1.54) is 0 Å². The summed E-state index contributed by atoms with van der Waals surface area (Å²) in [6.45, 7) is 0. The normalized spacial score (nSPS) is 11.1. The van der Waals surface area contributed by atoms with Gasteiger partial charge in [-0.05, 0) is 34.6 Å². The Morgan fingerprint density at radius 3 is 2.18 bits per heavy atom. The molecule has 11 heavy (non-hydrogen) atoms. The van der Waals surface area contributed by atoms with Gasteiger partial charge in [0.1, 0.15) is 5.75 Å². The maximum absolute atomic E-state index is 7.09. The first kappa shape index (κ1) is 8.92. The smallest absolute Gasteiger partial charge is 0.311 e. The molecule has 0 aliphatic carbocycles. The van der Waals surface area contributed by atoms with Gasteiger partial charge in [0.15, 0.2) is 0 Å². The Labute approximate surface area is 74.6 Å². The lowest BCUT2D eigenvalue weighted by molar-refractivity contribution is 0.626. The Balaban J connectivity index is 2.74. The van der Waals surface area contributed by atoms with Gasteiger partial charge in [-0.15, -0.1) is 0 Å². The molecule has 0 amide bonds. The largest absolute Gasteiger partial charge is 0.436 e. The van der Waals surface area contributed by atoms with Gasteiger partial charge in [0.05, 0.1) is 0 Å². The van der Waals surface area contributed by atoms with Crippen molar-refractivity contribution in [2.24, 2.45) is 0 Å². The molecular formula is C6H6Cl2NOP. The maximum Gasteiger partial charge on any atom is 0.311 e. The number of hydrogen-bond acceptors (Lipinski definition) is 2. The molecule has 0 aromatic heterocycles. The van der Waals surface area contributed by atoms with Crippen LogP contribution in [0.15, 0.2) is 30.3 Å². The average molecular weight is 210 g/mol. The van der Waals surface area contributed by atoms with Crippen LogP contribution in [-0.2, 0) is 0 Å². The Kier molecular flexibility index (Phi) is 2.83. The van der Waals surface area contributed by atoms with E-state index in [-0.39, 0.29) is 0 Å². The Bertz CT molecular complexity index is 271. The molecule has 0 radical (unpaired) electrons. The van der Waals surface area contributed by atoms with E-state index in [0.29, 0.717) is 5.75 Å². The molecule has 60 valence electrons. The Morgan fingerprint density at radius 1 is 1.18 bits per heavy atom. The van der Waals surface area contributed by atoms with Crippen molar-refractivity contribution >= 4 is 28.5 Å². The molecule has 0 spiro atoms. The highest BCUT2D eigenvalue weighted by molar-refractivity contribution is 8.06. The lowest BCUT2D eigenvalue weighted by Gasteiger charge is -2.07. The van der Waals surface area contributed by atoms with E-state index in [4.69, 9.17) is 32.2 Å². The summed E-state index contributed by atoms with van der Waals surface area (Å²) in [5.41, 5.74) is 0. The molecule has 0 atom stereocenters. The minimum atomic E-state index is -2.94. The summed E-state index contributed by atoms with van der Waals surface area (Å²) >= 11 is 10.8. The molecule has 5 heteroatoms. The topological polar surface area (TPSA) is 33.1 Å². The number of rotatable bonds is 2. The van der Waals surface area contributed by atoms with Crippen molar-refractivity contribution in [2.75, 3.05) is 0 Å². The lowest BCUT2D eigenvalue weighted by Crippen LogP contribution is -1.78. The van der Waals surface area contributed by atoms with Crippen molar-refractivity contribution in [2.45, 2.75) is 0 Å². The molecular weight excluding hydrogens is 204 g/mol. The standard InChI is InChI=1S/C6H6Cl2NOP/c7-11(8,9)10-6-4-2-1-3-5-6/h1-5,9H. The molecule has 1 aromatic rings. The van der Waals surface area contributed by atoms with Crippen LogP contribution in [0.3, 0.4) is 0 Å². The second-order valence-corrected chi connectivity index (χ2v) is 6.35. The maximum atomic E-state index is 7.09. The van der Waals surface area contributed by atoms with Gasteiger partial charge in [-0.1, -0.05) is 18.2 Å². The summed E-state index contributed by atoms with van der Waals surface area (Å²) in [7, 11) is 0. The minimum Gasteiger partial charge on any atom is -0.436 e. The highest BCUT2D eigenvalue weighted by atomic mass is 35.9. The van der Waals surface area contributed by atoms with Gasteiger partial charge in [-0.25, -0.2) is 0 Å². The van der Waals surface area contributed by atoms with Crippen LogP contribution in [0.4, 0.5) is 0 Å². The third kappa shape index (κ3) is 3.66. The number of hydrogen-bond donors (Lipinski definition) is 1. The molecule has 0 aliphatic rings. The Morgan fingerprint density at radius 2 is 1.73 bits per heavy atom. The van der Waals surface area contributed by atoms with E-state index >= 15 is 0 Å². The SMILES string of the molecule is N=P(Cl)(Cl)Oc1ccccc1. The van der Waals surface area contributed by atoms with Gasteiger partial charge in [0.2, 0.25) is 0 Å². The van der Waals surface area contributed by atoms with Gasteiger partial charge in [0, 0.05) is 0 Å². The van der Waals surface area contributed by atoms with Gasteiger partial charge in [0.25, 0.3) is 0 Å². The summed E-state index contributed by atoms with van der Waals surface area (Å²) in [5.74, 6) is -2.41. The van der Waals surface area contributed by atoms with E-state index in [0.717, 1.165) is 0 Å². The highest BCUT2D eigenvalue weighted by Gasteiger charge is 2.09. The van der Waals surface area contributed by atoms with Crippen LogP contribution >= 0.6 is 28.5 Å². The second kappa shape index (κ2) is 3.48. The van der Waals surface area contributed by atoms with Crippen LogP contribution < -0.4 is 4.52 Å². The third-order valence-corrected chi connectivity index (χ3v) is 1.82. The van der Waals surface area contributed by atoms with Crippen LogP contribution in [0.5, 0.6) is 5.75 Å². The predicted molar refractivity (Wildman–Crippen MR) is 48.4 cm³/mol. The lowest BCUT2D eigenvalue weighted by atomic mass is 10.3. The molecule has 0 fully saturated rings.